The van der Waals surface area contributed by atoms with E-state index in [0.29, 0.717) is 17.3 Å². The van der Waals surface area contributed by atoms with E-state index >= 15 is 0 Å². The van der Waals surface area contributed by atoms with E-state index in [1.54, 1.807) is 12.1 Å². The third-order valence-electron chi connectivity index (χ3n) is 2.46. The van der Waals surface area contributed by atoms with Gasteiger partial charge in [-0.25, -0.2) is 0 Å². The Morgan fingerprint density at radius 1 is 1.26 bits per heavy atom. The normalized spacial score (nSPS) is 10.2. The molecule has 2 amide bonds. The number of benzene rings is 1. The van der Waals surface area contributed by atoms with Gasteiger partial charge in [0.1, 0.15) is 0 Å². The van der Waals surface area contributed by atoms with Gasteiger partial charge in [0.25, 0.3) is 0 Å². The van der Waals surface area contributed by atoms with Crippen molar-refractivity contribution in [3.05, 3.63) is 28.8 Å². The fourth-order valence-electron chi connectivity index (χ4n) is 1.68. The molecule has 6 nitrogen and oxygen atoms in total. The molecule has 0 aliphatic heterocycles. The number of nitrogens with one attached hydrogen (secondary N) is 1. The summed E-state index contributed by atoms with van der Waals surface area (Å²) in [6, 6.07) is 5.27. The fraction of sp³-hybridized carbons (Fsp3) is 0.333. The average Bonchev–Trinajstić information content (AvgIpc) is 2.30. The largest absolute Gasteiger partial charge is 0.368 e. The first-order valence-electron chi connectivity index (χ1n) is 5.68. The smallest absolute Gasteiger partial charge is 0.236 e. The van der Waals surface area contributed by atoms with Crippen LogP contribution in [0.3, 0.4) is 0 Å². The van der Waals surface area contributed by atoms with Gasteiger partial charge in [0.15, 0.2) is 0 Å². The van der Waals surface area contributed by atoms with Gasteiger partial charge in [-0.05, 0) is 24.7 Å². The highest BCUT2D eigenvalue weighted by molar-refractivity contribution is 6.31. The van der Waals surface area contributed by atoms with Crippen molar-refractivity contribution in [1.82, 2.24) is 5.32 Å². The fourth-order valence-corrected chi connectivity index (χ4v) is 1.92. The Balaban J connectivity index is 2.98. The van der Waals surface area contributed by atoms with Gasteiger partial charge in [-0.2, -0.15) is 0 Å². The van der Waals surface area contributed by atoms with Crippen molar-refractivity contribution in [2.45, 2.75) is 6.54 Å². The average molecular weight is 285 g/mol. The van der Waals surface area contributed by atoms with Crippen molar-refractivity contribution in [3.63, 3.8) is 0 Å². The maximum absolute atomic E-state index is 11.0. The van der Waals surface area contributed by atoms with Gasteiger partial charge < -0.3 is 21.7 Å². The van der Waals surface area contributed by atoms with Gasteiger partial charge in [0.05, 0.1) is 13.1 Å². The van der Waals surface area contributed by atoms with E-state index in [1.165, 1.54) is 4.90 Å². The Labute approximate surface area is 116 Å². The number of nitrogens with zero attached hydrogens (tertiary/aromatic N) is 1. The van der Waals surface area contributed by atoms with Crippen molar-refractivity contribution in [1.29, 1.82) is 0 Å². The topological polar surface area (TPSA) is 101 Å². The second-order valence-electron chi connectivity index (χ2n) is 4.09. The maximum atomic E-state index is 11.0. The van der Waals surface area contributed by atoms with E-state index in [2.05, 4.69) is 5.32 Å². The van der Waals surface area contributed by atoms with Crippen LogP contribution in [0.15, 0.2) is 18.2 Å². The van der Waals surface area contributed by atoms with Crippen molar-refractivity contribution in [3.8, 4) is 0 Å². The number of nitrogens with two attached hydrogens (primary N) is 2. The van der Waals surface area contributed by atoms with Crippen molar-refractivity contribution < 1.29 is 9.59 Å². The summed E-state index contributed by atoms with van der Waals surface area (Å²) in [7, 11) is 1.82. The molecule has 0 aliphatic rings. The molecule has 19 heavy (non-hydrogen) atoms. The first-order valence-corrected chi connectivity index (χ1v) is 6.06. The van der Waals surface area contributed by atoms with Crippen LogP contribution in [0, 0.1) is 0 Å². The molecule has 0 bridgehead atoms. The lowest BCUT2D eigenvalue weighted by molar-refractivity contribution is -0.117. The maximum Gasteiger partial charge on any atom is 0.236 e. The molecular formula is C12H17ClN4O2. The van der Waals surface area contributed by atoms with E-state index in [9.17, 15) is 9.59 Å². The van der Waals surface area contributed by atoms with Crippen LogP contribution in [-0.4, -0.2) is 32.0 Å². The molecule has 0 atom stereocenters. The number of amides is 2. The Bertz CT molecular complexity index is 463. The molecule has 0 unspecified atom stereocenters. The minimum atomic E-state index is -0.545. The van der Waals surface area contributed by atoms with Gasteiger partial charge in [-0.15, -0.1) is 0 Å². The first-order chi connectivity index (χ1) is 8.93. The highest BCUT2D eigenvalue weighted by atomic mass is 35.5. The summed E-state index contributed by atoms with van der Waals surface area (Å²) >= 11 is 6.13. The van der Waals surface area contributed by atoms with Crippen molar-refractivity contribution in [2.75, 3.05) is 25.0 Å². The minimum absolute atomic E-state index is 0.0926. The number of anilines is 1. The minimum Gasteiger partial charge on any atom is -0.368 e. The van der Waals surface area contributed by atoms with Gasteiger partial charge in [0.2, 0.25) is 11.8 Å². The third-order valence-corrected chi connectivity index (χ3v) is 2.81. The number of rotatable bonds is 7. The van der Waals surface area contributed by atoms with Crippen molar-refractivity contribution in [2.24, 2.45) is 11.5 Å². The Morgan fingerprint density at radius 3 is 2.26 bits per heavy atom. The van der Waals surface area contributed by atoms with Gasteiger partial charge in [-0.3, -0.25) is 9.59 Å². The molecule has 0 saturated heterocycles. The van der Waals surface area contributed by atoms with Gasteiger partial charge >= 0.3 is 0 Å². The summed E-state index contributed by atoms with van der Waals surface area (Å²) < 4.78 is 0. The molecule has 0 saturated carbocycles. The second kappa shape index (κ2) is 6.96. The number of carbonyl (C=O) groups excluding carboxylic acids is 2. The molecule has 1 rings (SSSR count). The van der Waals surface area contributed by atoms with Crippen LogP contribution in [0.4, 0.5) is 5.69 Å². The van der Waals surface area contributed by atoms with Crippen LogP contribution in [0.1, 0.15) is 5.56 Å². The quantitative estimate of drug-likeness (QED) is 0.647. The van der Waals surface area contributed by atoms with Crippen LogP contribution < -0.4 is 21.7 Å². The summed E-state index contributed by atoms with van der Waals surface area (Å²) in [5, 5.41) is 3.54. The zero-order chi connectivity index (χ0) is 14.4. The summed E-state index contributed by atoms with van der Waals surface area (Å²) in [5.41, 5.74) is 11.8. The van der Waals surface area contributed by atoms with Gasteiger partial charge in [-0.1, -0.05) is 17.7 Å². The monoisotopic (exact) mass is 284 g/mol. The molecule has 104 valence electrons. The summed E-state index contributed by atoms with van der Waals surface area (Å²) in [4.78, 5) is 23.5. The van der Waals surface area contributed by atoms with E-state index < -0.39 is 11.8 Å². The van der Waals surface area contributed by atoms with Crippen LogP contribution in [0.2, 0.25) is 5.02 Å². The molecule has 1 aromatic carbocycles. The zero-order valence-electron chi connectivity index (χ0n) is 10.6. The predicted molar refractivity (Wildman–Crippen MR) is 74.8 cm³/mol. The SMILES string of the molecule is CNCc1ccc(N(CC(N)=O)CC(N)=O)cc1Cl. The number of hydrogen-bond donors (Lipinski definition) is 3. The number of hydrogen-bond acceptors (Lipinski definition) is 4. The molecule has 1 aromatic rings. The molecule has 0 fully saturated rings. The molecule has 0 radical (unpaired) electrons. The predicted octanol–water partition coefficient (Wildman–Crippen LogP) is -0.164. The molecule has 0 aromatic heterocycles. The standard InChI is InChI=1S/C12H17ClN4O2/c1-16-5-8-2-3-9(4-10(8)13)17(6-11(14)18)7-12(15)19/h2-4,16H,5-7H2,1H3,(H2,14,18)(H2,15,19). The highest BCUT2D eigenvalue weighted by Gasteiger charge is 2.13. The van der Waals surface area contributed by atoms with Gasteiger partial charge in [0, 0.05) is 17.3 Å². The van der Waals surface area contributed by atoms with E-state index in [0.717, 1.165) is 5.56 Å². The molecule has 5 N–H and O–H groups in total. The lowest BCUT2D eigenvalue weighted by Crippen LogP contribution is -2.39. The molecule has 0 aliphatic carbocycles. The number of carbonyl (C=O) groups is 2. The molecule has 0 heterocycles. The Hall–Kier alpha value is -1.79. The van der Waals surface area contributed by atoms with E-state index in [1.807, 2.05) is 13.1 Å². The van der Waals surface area contributed by atoms with E-state index in [-0.39, 0.29) is 13.1 Å². The zero-order valence-corrected chi connectivity index (χ0v) is 11.4. The second-order valence-corrected chi connectivity index (χ2v) is 4.50. The molecule has 7 heteroatoms. The molecular weight excluding hydrogens is 268 g/mol. The number of halogens is 1. The Kier molecular flexibility index (Phi) is 5.59. The highest BCUT2D eigenvalue weighted by Crippen LogP contribution is 2.23. The third kappa shape index (κ3) is 4.76. The van der Waals surface area contributed by atoms with Crippen LogP contribution in [0.25, 0.3) is 0 Å². The Morgan fingerprint density at radius 2 is 1.84 bits per heavy atom. The summed E-state index contributed by atoms with van der Waals surface area (Å²) in [6.07, 6.45) is 0. The van der Waals surface area contributed by atoms with Crippen LogP contribution >= 0.6 is 11.6 Å². The lowest BCUT2D eigenvalue weighted by Gasteiger charge is -2.22. The van der Waals surface area contributed by atoms with Crippen LogP contribution in [0.5, 0.6) is 0 Å². The summed E-state index contributed by atoms with van der Waals surface area (Å²) in [5.74, 6) is -1.09. The first kappa shape index (κ1) is 15.3. The summed E-state index contributed by atoms with van der Waals surface area (Å²) in [6.45, 7) is 0.444. The van der Waals surface area contributed by atoms with Crippen LogP contribution in [-0.2, 0) is 16.1 Å². The lowest BCUT2D eigenvalue weighted by atomic mass is 10.2. The van der Waals surface area contributed by atoms with E-state index in [4.69, 9.17) is 23.1 Å². The number of primary amides is 2. The van der Waals surface area contributed by atoms with Crippen molar-refractivity contribution >= 4 is 29.1 Å². The molecule has 0 spiro atoms.